The first-order valence-electron chi connectivity index (χ1n) is 12.7. The second-order valence-corrected chi connectivity index (χ2v) is 11.8. The van der Waals surface area contributed by atoms with Gasteiger partial charge >= 0.3 is 0 Å². The van der Waals surface area contributed by atoms with Gasteiger partial charge in [-0.15, -0.1) is 0 Å². The monoisotopic (exact) mass is 576 g/mol. The van der Waals surface area contributed by atoms with E-state index in [1.165, 1.54) is 29.1 Å². The number of amides is 1. The highest BCUT2D eigenvalue weighted by molar-refractivity contribution is 7.99. The van der Waals surface area contributed by atoms with Crippen molar-refractivity contribution in [2.45, 2.75) is 35.2 Å². The maximum Gasteiger partial charge on any atom is 0.275 e. The maximum absolute atomic E-state index is 12.6. The Kier molecular flexibility index (Phi) is 7.20. The zero-order valence-electron chi connectivity index (χ0n) is 21.0. The molecular formula is C29H26Cl2N6OS. The summed E-state index contributed by atoms with van der Waals surface area (Å²) >= 11 is 14.1. The number of halogens is 2. The molecule has 0 bridgehead atoms. The van der Waals surface area contributed by atoms with Crippen LogP contribution in [0.15, 0.2) is 83.1 Å². The third kappa shape index (κ3) is 5.10. The Hall–Kier alpha value is -3.17. The zero-order chi connectivity index (χ0) is 27.0. The molecule has 1 atom stereocenters. The molecule has 3 N–H and O–H groups in total. The summed E-state index contributed by atoms with van der Waals surface area (Å²) in [7, 11) is 0. The molecule has 0 saturated carbocycles. The summed E-state index contributed by atoms with van der Waals surface area (Å²) in [5.41, 5.74) is 10.1. The first-order valence-corrected chi connectivity index (χ1v) is 14.3. The highest BCUT2D eigenvalue weighted by Crippen LogP contribution is 2.51. The molecule has 1 spiro atoms. The molecule has 2 aromatic heterocycles. The third-order valence-corrected chi connectivity index (χ3v) is 9.49. The molecule has 1 fully saturated rings. The van der Waals surface area contributed by atoms with Gasteiger partial charge in [0.1, 0.15) is 16.5 Å². The van der Waals surface area contributed by atoms with Crippen LogP contribution in [-0.2, 0) is 6.42 Å². The number of fused-ring (bicyclic) bond motifs is 1. The van der Waals surface area contributed by atoms with E-state index in [1.54, 1.807) is 24.4 Å². The predicted octanol–water partition coefficient (Wildman–Crippen LogP) is 6.42. The summed E-state index contributed by atoms with van der Waals surface area (Å²) in [6.07, 6.45) is 8.19. The van der Waals surface area contributed by atoms with Crippen LogP contribution < -0.4 is 16.0 Å². The number of benzene rings is 2. The summed E-state index contributed by atoms with van der Waals surface area (Å²) in [4.78, 5) is 29.1. The predicted molar refractivity (Wildman–Crippen MR) is 156 cm³/mol. The lowest BCUT2D eigenvalue weighted by Gasteiger charge is -2.42. The summed E-state index contributed by atoms with van der Waals surface area (Å²) in [5, 5.41) is 4.18. The SMILES string of the molecule is N[C@@H]1c2ccccc2CC12CCN(c1cnc(Sc3cccc(NC(=O)c4ncccc4Cl)c3Cl)cn1)CC2. The minimum atomic E-state index is -0.431. The van der Waals surface area contributed by atoms with Crippen molar-refractivity contribution < 1.29 is 4.79 Å². The molecule has 2 aliphatic rings. The molecule has 1 saturated heterocycles. The van der Waals surface area contributed by atoms with E-state index in [0.717, 1.165) is 43.1 Å². The molecule has 3 heterocycles. The molecule has 39 heavy (non-hydrogen) atoms. The number of pyridine rings is 1. The minimum absolute atomic E-state index is 0.0898. The Morgan fingerprint density at radius 1 is 1.00 bits per heavy atom. The first kappa shape index (κ1) is 26.1. The molecule has 0 unspecified atom stereocenters. The molecule has 7 nitrogen and oxygen atoms in total. The van der Waals surface area contributed by atoms with Gasteiger partial charge in [-0.1, -0.05) is 65.3 Å². The normalized spacial score (nSPS) is 17.7. The molecule has 0 radical (unpaired) electrons. The van der Waals surface area contributed by atoms with Crippen molar-refractivity contribution in [3.05, 3.63) is 100 Å². The average Bonchev–Trinajstić information content (AvgIpc) is 3.22. The van der Waals surface area contributed by atoms with Gasteiger partial charge in [-0.05, 0) is 60.1 Å². The molecule has 1 aliphatic heterocycles. The summed E-state index contributed by atoms with van der Waals surface area (Å²) in [6.45, 7) is 1.80. The number of anilines is 2. The topological polar surface area (TPSA) is 97.0 Å². The van der Waals surface area contributed by atoms with Gasteiger partial charge in [0.15, 0.2) is 0 Å². The van der Waals surface area contributed by atoms with Crippen molar-refractivity contribution >= 4 is 52.4 Å². The van der Waals surface area contributed by atoms with Gasteiger partial charge in [0.25, 0.3) is 5.91 Å². The van der Waals surface area contributed by atoms with Crippen LogP contribution in [0.1, 0.15) is 40.5 Å². The number of nitrogens with zero attached hydrogens (tertiary/aromatic N) is 4. The van der Waals surface area contributed by atoms with E-state index in [2.05, 4.69) is 44.5 Å². The van der Waals surface area contributed by atoms with Gasteiger partial charge in [0.05, 0.1) is 28.1 Å². The summed E-state index contributed by atoms with van der Waals surface area (Å²) in [6, 6.07) is 17.4. The van der Waals surface area contributed by atoms with E-state index in [4.69, 9.17) is 33.9 Å². The van der Waals surface area contributed by atoms with Crippen LogP contribution >= 0.6 is 35.0 Å². The number of hydrogen-bond donors (Lipinski definition) is 2. The highest BCUT2D eigenvalue weighted by atomic mass is 35.5. The standard InChI is InChI=1S/C29H26Cl2N6OS/c30-20-7-4-12-33-26(20)28(38)36-21-8-3-9-22(25(21)31)39-24-17-34-23(16-35-24)37-13-10-29(11-14-37)15-18-5-1-2-6-19(18)27(29)32/h1-9,12,16-17,27H,10-11,13-15,32H2,(H,36,38)/t27-/m1/s1. The van der Waals surface area contributed by atoms with Gasteiger partial charge in [-0.25, -0.2) is 15.0 Å². The molecule has 1 aliphatic carbocycles. The summed E-state index contributed by atoms with van der Waals surface area (Å²) in [5.74, 6) is 0.428. The van der Waals surface area contributed by atoms with Crippen molar-refractivity contribution in [2.75, 3.05) is 23.3 Å². The molecule has 1 amide bonds. The van der Waals surface area contributed by atoms with E-state index < -0.39 is 5.91 Å². The maximum atomic E-state index is 12.6. The fourth-order valence-electron chi connectivity index (χ4n) is 5.55. The Bertz CT molecular complexity index is 1520. The fraction of sp³-hybridized carbons (Fsp3) is 0.241. The van der Waals surface area contributed by atoms with E-state index >= 15 is 0 Å². The molecule has 4 aromatic rings. The molecule has 198 valence electrons. The van der Waals surface area contributed by atoms with E-state index in [1.807, 2.05) is 18.3 Å². The van der Waals surface area contributed by atoms with Crippen molar-refractivity contribution in [1.29, 1.82) is 0 Å². The second-order valence-electron chi connectivity index (χ2n) is 9.92. The molecule has 2 aromatic carbocycles. The van der Waals surface area contributed by atoms with E-state index in [-0.39, 0.29) is 22.2 Å². The van der Waals surface area contributed by atoms with E-state index in [0.29, 0.717) is 15.7 Å². The molecule has 6 rings (SSSR count). The molecular weight excluding hydrogens is 551 g/mol. The number of carbonyl (C=O) groups is 1. The lowest BCUT2D eigenvalue weighted by Crippen LogP contribution is -2.44. The van der Waals surface area contributed by atoms with Gasteiger partial charge in [0.2, 0.25) is 0 Å². The second kappa shape index (κ2) is 10.8. The zero-order valence-corrected chi connectivity index (χ0v) is 23.3. The number of aromatic nitrogens is 3. The minimum Gasteiger partial charge on any atom is -0.355 e. The van der Waals surface area contributed by atoms with Crippen LogP contribution in [0.3, 0.4) is 0 Å². The van der Waals surface area contributed by atoms with Gasteiger partial charge < -0.3 is 16.0 Å². The van der Waals surface area contributed by atoms with Crippen LogP contribution in [0, 0.1) is 5.41 Å². The number of rotatable bonds is 5. The van der Waals surface area contributed by atoms with Crippen LogP contribution in [0.2, 0.25) is 10.0 Å². The number of hydrogen-bond acceptors (Lipinski definition) is 7. The van der Waals surface area contributed by atoms with Crippen molar-refractivity contribution in [3.8, 4) is 0 Å². The van der Waals surface area contributed by atoms with E-state index in [9.17, 15) is 4.79 Å². The van der Waals surface area contributed by atoms with Crippen LogP contribution in [0.25, 0.3) is 0 Å². The van der Waals surface area contributed by atoms with Crippen LogP contribution in [0.5, 0.6) is 0 Å². The molecule has 10 heteroatoms. The smallest absolute Gasteiger partial charge is 0.275 e. The lowest BCUT2D eigenvalue weighted by atomic mass is 9.73. The van der Waals surface area contributed by atoms with Gasteiger partial charge in [-0.2, -0.15) is 0 Å². The quantitative estimate of drug-likeness (QED) is 0.282. The van der Waals surface area contributed by atoms with Crippen molar-refractivity contribution in [3.63, 3.8) is 0 Å². The largest absolute Gasteiger partial charge is 0.355 e. The Balaban J connectivity index is 1.10. The summed E-state index contributed by atoms with van der Waals surface area (Å²) < 4.78 is 0. The van der Waals surface area contributed by atoms with Crippen molar-refractivity contribution in [2.24, 2.45) is 11.1 Å². The highest BCUT2D eigenvalue weighted by Gasteiger charge is 2.45. The number of piperidine rings is 1. The fourth-order valence-corrected chi connectivity index (χ4v) is 6.82. The van der Waals surface area contributed by atoms with Crippen LogP contribution in [-0.4, -0.2) is 33.9 Å². The van der Waals surface area contributed by atoms with Crippen LogP contribution in [0.4, 0.5) is 11.5 Å². The average molecular weight is 578 g/mol. The van der Waals surface area contributed by atoms with Crippen molar-refractivity contribution in [1.82, 2.24) is 15.0 Å². The Morgan fingerprint density at radius 3 is 2.56 bits per heavy atom. The lowest BCUT2D eigenvalue weighted by molar-refractivity contribution is 0.102. The van der Waals surface area contributed by atoms with Gasteiger partial charge in [-0.3, -0.25) is 4.79 Å². The third-order valence-electron chi connectivity index (χ3n) is 7.69. The number of nitrogens with one attached hydrogen (secondary N) is 1. The van der Waals surface area contributed by atoms with Gasteiger partial charge in [0, 0.05) is 30.2 Å². The first-order chi connectivity index (χ1) is 18.9. The Morgan fingerprint density at radius 2 is 1.82 bits per heavy atom. The number of carbonyl (C=O) groups excluding carboxylic acids is 1. The Labute approximate surface area is 241 Å². The number of nitrogens with two attached hydrogens (primary N) is 1.